The number of hydrogen-bond acceptors (Lipinski definition) is 6. The smallest absolute Gasteiger partial charge is 0.240 e. The molecule has 0 aliphatic carbocycles. The van der Waals surface area contributed by atoms with Gasteiger partial charge >= 0.3 is 0 Å². The molecule has 1 saturated heterocycles. The van der Waals surface area contributed by atoms with E-state index in [4.69, 9.17) is 9.47 Å². The average Bonchev–Trinajstić information content (AvgIpc) is 3.23. The summed E-state index contributed by atoms with van der Waals surface area (Å²) < 4.78 is 39.0. The molecular weight excluding hydrogens is 396 g/mol. The predicted molar refractivity (Wildman–Crippen MR) is 112 cm³/mol. The van der Waals surface area contributed by atoms with E-state index < -0.39 is 10.0 Å². The van der Waals surface area contributed by atoms with Gasteiger partial charge in [0.05, 0.1) is 25.2 Å². The highest BCUT2D eigenvalue weighted by molar-refractivity contribution is 7.89. The van der Waals surface area contributed by atoms with Crippen LogP contribution in [0.1, 0.15) is 30.7 Å². The summed E-state index contributed by atoms with van der Waals surface area (Å²) in [7, 11) is -0.646. The lowest BCUT2D eigenvalue weighted by molar-refractivity contribution is 0.141. The van der Waals surface area contributed by atoms with Crippen molar-refractivity contribution in [1.29, 1.82) is 0 Å². The highest BCUT2D eigenvalue weighted by atomic mass is 32.2. The van der Waals surface area contributed by atoms with Crippen LogP contribution in [0.25, 0.3) is 0 Å². The number of benzene rings is 1. The Balaban J connectivity index is 1.77. The first-order chi connectivity index (χ1) is 13.4. The molecule has 0 amide bonds. The number of ether oxygens (including phenoxy) is 2. The predicted octanol–water partition coefficient (Wildman–Crippen LogP) is 3.52. The molecule has 1 aliphatic heterocycles. The Labute approximate surface area is 171 Å². The lowest BCUT2D eigenvalue weighted by atomic mass is 9.97. The summed E-state index contributed by atoms with van der Waals surface area (Å²) in [6, 6.07) is 8.77. The van der Waals surface area contributed by atoms with Gasteiger partial charge in [-0.3, -0.25) is 4.90 Å². The van der Waals surface area contributed by atoms with Crippen LogP contribution >= 0.6 is 11.3 Å². The van der Waals surface area contributed by atoms with Crippen LogP contribution in [0.4, 0.5) is 0 Å². The van der Waals surface area contributed by atoms with Gasteiger partial charge in [0, 0.05) is 17.5 Å². The van der Waals surface area contributed by atoms with Crippen molar-refractivity contribution in [3.63, 3.8) is 0 Å². The van der Waals surface area contributed by atoms with Crippen LogP contribution in [0, 0.1) is 5.92 Å². The van der Waals surface area contributed by atoms with E-state index >= 15 is 0 Å². The van der Waals surface area contributed by atoms with E-state index in [0.29, 0.717) is 18.0 Å². The minimum atomic E-state index is -3.66. The minimum Gasteiger partial charge on any atom is -0.493 e. The standard InChI is InChI=1S/C20H28N2O4S2/c1-15-8-10-22(11-9-15)17(20-5-4-12-27-20)14-21-28(23,24)16-6-7-18(25-2)19(13-16)26-3/h4-7,12-13,15,17,21H,8-11,14H2,1-3H3. The highest BCUT2D eigenvalue weighted by Crippen LogP contribution is 2.31. The molecule has 0 radical (unpaired) electrons. The van der Waals surface area contributed by atoms with Crippen LogP contribution in [0.15, 0.2) is 40.6 Å². The van der Waals surface area contributed by atoms with Crippen molar-refractivity contribution >= 4 is 21.4 Å². The Bertz CT molecular complexity index is 860. The zero-order valence-corrected chi connectivity index (χ0v) is 18.2. The highest BCUT2D eigenvalue weighted by Gasteiger charge is 2.27. The molecule has 2 heterocycles. The maximum Gasteiger partial charge on any atom is 0.240 e. The molecule has 1 fully saturated rings. The first-order valence-corrected chi connectivity index (χ1v) is 11.8. The third kappa shape index (κ3) is 4.86. The monoisotopic (exact) mass is 424 g/mol. The van der Waals surface area contributed by atoms with E-state index in [1.54, 1.807) is 17.4 Å². The molecule has 1 aliphatic rings. The third-order valence-corrected chi connectivity index (χ3v) is 7.66. The van der Waals surface area contributed by atoms with Gasteiger partial charge in [0.1, 0.15) is 0 Å². The Morgan fingerprint density at radius 1 is 1.18 bits per heavy atom. The molecule has 1 aromatic carbocycles. The average molecular weight is 425 g/mol. The molecule has 0 spiro atoms. The topological polar surface area (TPSA) is 67.9 Å². The van der Waals surface area contributed by atoms with E-state index in [1.165, 1.54) is 31.2 Å². The van der Waals surface area contributed by atoms with Gasteiger partial charge < -0.3 is 9.47 Å². The molecule has 1 aromatic heterocycles. The Kier molecular flexibility index (Phi) is 6.98. The Morgan fingerprint density at radius 3 is 2.50 bits per heavy atom. The fourth-order valence-corrected chi connectivity index (χ4v) is 5.40. The normalized spacial score (nSPS) is 17.4. The number of nitrogens with one attached hydrogen (secondary N) is 1. The second-order valence-corrected chi connectivity index (χ2v) is 9.86. The number of hydrogen-bond donors (Lipinski definition) is 1. The van der Waals surface area contributed by atoms with Crippen molar-refractivity contribution in [2.45, 2.75) is 30.7 Å². The summed E-state index contributed by atoms with van der Waals surface area (Å²) >= 11 is 1.67. The lowest BCUT2D eigenvalue weighted by Gasteiger charge is -2.36. The molecule has 6 nitrogen and oxygen atoms in total. The summed E-state index contributed by atoms with van der Waals surface area (Å²) in [5.74, 6) is 1.62. The first-order valence-electron chi connectivity index (χ1n) is 9.43. The van der Waals surface area contributed by atoms with E-state index in [2.05, 4.69) is 22.6 Å². The summed E-state index contributed by atoms with van der Waals surface area (Å²) in [4.78, 5) is 3.75. The van der Waals surface area contributed by atoms with Crippen LogP contribution < -0.4 is 14.2 Å². The first kappa shape index (κ1) is 21.1. The van der Waals surface area contributed by atoms with Gasteiger partial charge in [0.2, 0.25) is 10.0 Å². The molecule has 28 heavy (non-hydrogen) atoms. The molecule has 1 N–H and O–H groups in total. The quantitative estimate of drug-likeness (QED) is 0.702. The van der Waals surface area contributed by atoms with Crippen LogP contribution in [0.2, 0.25) is 0 Å². The molecule has 3 rings (SSSR count). The van der Waals surface area contributed by atoms with Gasteiger partial charge in [-0.1, -0.05) is 13.0 Å². The maximum absolute atomic E-state index is 12.9. The molecule has 8 heteroatoms. The van der Waals surface area contributed by atoms with Crippen LogP contribution in [-0.2, 0) is 10.0 Å². The summed E-state index contributed by atoms with van der Waals surface area (Å²) in [6.07, 6.45) is 2.29. The summed E-state index contributed by atoms with van der Waals surface area (Å²) in [6.45, 7) is 4.59. The van der Waals surface area contributed by atoms with Crippen molar-refractivity contribution in [3.8, 4) is 11.5 Å². The summed E-state index contributed by atoms with van der Waals surface area (Å²) in [5, 5.41) is 2.04. The maximum atomic E-state index is 12.9. The molecule has 0 bridgehead atoms. The van der Waals surface area contributed by atoms with Crippen LogP contribution in [0.5, 0.6) is 11.5 Å². The van der Waals surface area contributed by atoms with Gasteiger partial charge in [-0.15, -0.1) is 11.3 Å². The zero-order chi connectivity index (χ0) is 20.1. The van der Waals surface area contributed by atoms with E-state index in [0.717, 1.165) is 31.8 Å². The molecule has 2 aromatic rings. The number of thiophene rings is 1. The fourth-order valence-electron chi connectivity index (χ4n) is 3.49. The third-order valence-electron chi connectivity index (χ3n) is 5.26. The largest absolute Gasteiger partial charge is 0.493 e. The number of piperidine rings is 1. The molecule has 154 valence electrons. The van der Waals surface area contributed by atoms with E-state index in [9.17, 15) is 8.42 Å². The van der Waals surface area contributed by atoms with Crippen LogP contribution in [-0.4, -0.2) is 47.2 Å². The Morgan fingerprint density at radius 2 is 1.89 bits per heavy atom. The van der Waals surface area contributed by atoms with Crippen molar-refractivity contribution in [3.05, 3.63) is 40.6 Å². The molecule has 1 atom stereocenters. The summed E-state index contributed by atoms with van der Waals surface area (Å²) in [5.41, 5.74) is 0. The van der Waals surface area contributed by atoms with Crippen molar-refractivity contribution in [2.24, 2.45) is 5.92 Å². The molecule has 1 unspecified atom stereocenters. The number of methoxy groups -OCH3 is 2. The van der Waals surface area contributed by atoms with Gasteiger partial charge in [-0.2, -0.15) is 0 Å². The number of likely N-dealkylation sites (tertiary alicyclic amines) is 1. The SMILES string of the molecule is COc1ccc(S(=O)(=O)NCC(c2cccs2)N2CCC(C)CC2)cc1OC. The van der Waals surface area contributed by atoms with E-state index in [1.807, 2.05) is 11.4 Å². The second kappa shape index (κ2) is 9.26. The van der Waals surface area contributed by atoms with Gasteiger partial charge in [-0.25, -0.2) is 13.1 Å². The zero-order valence-electron chi connectivity index (χ0n) is 16.6. The van der Waals surface area contributed by atoms with Crippen molar-refractivity contribution in [2.75, 3.05) is 33.9 Å². The Hall–Kier alpha value is -1.61. The fraction of sp³-hybridized carbons (Fsp3) is 0.500. The number of rotatable bonds is 8. The van der Waals surface area contributed by atoms with Gasteiger partial charge in [0.25, 0.3) is 0 Å². The molecular formula is C20H28N2O4S2. The van der Waals surface area contributed by atoms with E-state index in [-0.39, 0.29) is 10.9 Å². The molecule has 0 saturated carbocycles. The van der Waals surface area contributed by atoms with Crippen LogP contribution in [0.3, 0.4) is 0 Å². The lowest BCUT2D eigenvalue weighted by Crippen LogP contribution is -2.41. The number of sulfonamides is 1. The van der Waals surface area contributed by atoms with Gasteiger partial charge in [-0.05, 0) is 55.4 Å². The van der Waals surface area contributed by atoms with Crippen molar-refractivity contribution < 1.29 is 17.9 Å². The second-order valence-electron chi connectivity index (χ2n) is 7.12. The number of nitrogens with zero attached hydrogens (tertiary/aromatic N) is 1. The minimum absolute atomic E-state index is 0.0439. The van der Waals surface area contributed by atoms with Crippen molar-refractivity contribution in [1.82, 2.24) is 9.62 Å². The van der Waals surface area contributed by atoms with Gasteiger partial charge in [0.15, 0.2) is 11.5 Å².